The van der Waals surface area contributed by atoms with Gasteiger partial charge in [0.2, 0.25) is 0 Å². The number of nitrogens with two attached hydrogens (primary N) is 1. The van der Waals surface area contributed by atoms with E-state index in [0.717, 1.165) is 18.9 Å². The van der Waals surface area contributed by atoms with Crippen molar-refractivity contribution in [2.75, 3.05) is 6.54 Å². The Kier molecular flexibility index (Phi) is 1.58. The fourth-order valence-corrected chi connectivity index (χ4v) is 1.31. The molecule has 0 spiro atoms. The molecule has 0 radical (unpaired) electrons. The van der Waals surface area contributed by atoms with Gasteiger partial charge in [0.25, 0.3) is 5.91 Å². The second-order valence-corrected chi connectivity index (χ2v) is 2.78. The Morgan fingerprint density at radius 3 is 3.25 bits per heavy atom. The number of imidazole rings is 1. The molecule has 0 unspecified atom stereocenters. The molecule has 5 heteroatoms. The third-order valence-corrected chi connectivity index (χ3v) is 1.92. The van der Waals surface area contributed by atoms with Crippen LogP contribution >= 0.6 is 0 Å². The average Bonchev–Trinajstić information content (AvgIpc) is 2.46. The van der Waals surface area contributed by atoms with Gasteiger partial charge in [0.1, 0.15) is 11.5 Å². The standard InChI is InChI=1S/C7H10N4O/c8-7(12)5-4-11-2-1-9-3-6(11)10-5/h4,9H,1-3H2,(H2,8,12). The number of primary amides is 1. The summed E-state index contributed by atoms with van der Waals surface area (Å²) in [6, 6.07) is 0. The van der Waals surface area contributed by atoms with Crippen molar-refractivity contribution < 1.29 is 4.79 Å². The maximum atomic E-state index is 10.7. The molecule has 0 atom stereocenters. The predicted molar refractivity (Wildman–Crippen MR) is 42.5 cm³/mol. The highest BCUT2D eigenvalue weighted by Crippen LogP contribution is 2.05. The van der Waals surface area contributed by atoms with Gasteiger partial charge in [0.05, 0.1) is 6.54 Å². The lowest BCUT2D eigenvalue weighted by Crippen LogP contribution is -2.27. The molecule has 5 nitrogen and oxygen atoms in total. The minimum absolute atomic E-state index is 0.355. The summed E-state index contributed by atoms with van der Waals surface area (Å²) in [5.74, 6) is 0.423. The molecule has 2 rings (SSSR count). The first-order valence-corrected chi connectivity index (χ1v) is 3.84. The van der Waals surface area contributed by atoms with Crippen molar-refractivity contribution in [3.8, 4) is 0 Å². The van der Waals surface area contributed by atoms with Crippen molar-refractivity contribution in [2.24, 2.45) is 5.73 Å². The SMILES string of the molecule is NC(=O)c1cn2c(n1)CNCC2. The number of carbonyl (C=O) groups excluding carboxylic acids is 1. The molecular formula is C7H10N4O. The lowest BCUT2D eigenvalue weighted by molar-refractivity contribution is 0.0996. The number of amides is 1. The molecule has 0 bridgehead atoms. The zero-order valence-electron chi connectivity index (χ0n) is 6.58. The smallest absolute Gasteiger partial charge is 0.268 e. The van der Waals surface area contributed by atoms with Gasteiger partial charge in [0, 0.05) is 19.3 Å². The van der Waals surface area contributed by atoms with Crippen LogP contribution in [0.4, 0.5) is 0 Å². The van der Waals surface area contributed by atoms with E-state index in [-0.39, 0.29) is 0 Å². The highest BCUT2D eigenvalue weighted by molar-refractivity contribution is 5.90. The van der Waals surface area contributed by atoms with Crippen LogP contribution in [-0.4, -0.2) is 22.0 Å². The summed E-state index contributed by atoms with van der Waals surface area (Å²) in [6.45, 7) is 2.49. The second-order valence-electron chi connectivity index (χ2n) is 2.78. The van der Waals surface area contributed by atoms with Gasteiger partial charge < -0.3 is 15.6 Å². The Morgan fingerprint density at radius 2 is 2.58 bits per heavy atom. The van der Waals surface area contributed by atoms with E-state index in [1.54, 1.807) is 6.20 Å². The molecular weight excluding hydrogens is 156 g/mol. The molecule has 2 heterocycles. The molecule has 3 N–H and O–H groups in total. The quantitative estimate of drug-likeness (QED) is 0.567. The van der Waals surface area contributed by atoms with Crippen LogP contribution in [0.1, 0.15) is 16.3 Å². The first kappa shape index (κ1) is 7.30. The molecule has 0 saturated carbocycles. The summed E-state index contributed by atoms with van der Waals surface area (Å²) in [7, 11) is 0. The first-order chi connectivity index (χ1) is 5.77. The monoisotopic (exact) mass is 166 g/mol. The van der Waals surface area contributed by atoms with Gasteiger partial charge in [-0.3, -0.25) is 4.79 Å². The molecule has 1 aliphatic rings. The summed E-state index contributed by atoms with van der Waals surface area (Å²) >= 11 is 0. The van der Waals surface area contributed by atoms with Crippen LogP contribution in [0, 0.1) is 0 Å². The molecule has 0 aromatic carbocycles. The van der Waals surface area contributed by atoms with E-state index >= 15 is 0 Å². The van der Waals surface area contributed by atoms with Gasteiger partial charge >= 0.3 is 0 Å². The van der Waals surface area contributed by atoms with Crippen LogP contribution in [0.25, 0.3) is 0 Å². The Bertz CT molecular complexity index is 294. The van der Waals surface area contributed by atoms with Crippen molar-refractivity contribution in [1.82, 2.24) is 14.9 Å². The van der Waals surface area contributed by atoms with Gasteiger partial charge in [-0.2, -0.15) is 0 Å². The van der Waals surface area contributed by atoms with Crippen molar-refractivity contribution in [3.05, 3.63) is 17.7 Å². The number of nitrogens with one attached hydrogen (secondary N) is 1. The van der Waals surface area contributed by atoms with Crippen LogP contribution in [0.2, 0.25) is 0 Å². The maximum Gasteiger partial charge on any atom is 0.268 e. The van der Waals surface area contributed by atoms with Gasteiger partial charge in [-0.25, -0.2) is 4.98 Å². The Hall–Kier alpha value is -1.36. The summed E-state index contributed by atoms with van der Waals surface area (Å²) in [5, 5.41) is 3.16. The molecule has 64 valence electrons. The number of rotatable bonds is 1. The summed E-state index contributed by atoms with van der Waals surface area (Å²) < 4.78 is 1.95. The predicted octanol–water partition coefficient (Wildman–Crippen LogP) is -0.915. The molecule has 1 amide bonds. The topological polar surface area (TPSA) is 72.9 Å². The first-order valence-electron chi connectivity index (χ1n) is 3.84. The fraction of sp³-hybridized carbons (Fsp3) is 0.429. The third kappa shape index (κ3) is 1.08. The van der Waals surface area contributed by atoms with Crippen LogP contribution in [0.15, 0.2) is 6.20 Å². The normalized spacial score (nSPS) is 15.7. The zero-order valence-corrected chi connectivity index (χ0v) is 6.58. The van der Waals surface area contributed by atoms with Crippen molar-refractivity contribution in [1.29, 1.82) is 0 Å². The van der Waals surface area contributed by atoms with Crippen LogP contribution in [0.3, 0.4) is 0 Å². The van der Waals surface area contributed by atoms with E-state index in [2.05, 4.69) is 10.3 Å². The average molecular weight is 166 g/mol. The number of carbonyl (C=O) groups is 1. The van der Waals surface area contributed by atoms with E-state index in [1.807, 2.05) is 4.57 Å². The maximum absolute atomic E-state index is 10.7. The van der Waals surface area contributed by atoms with Gasteiger partial charge in [-0.05, 0) is 0 Å². The fourth-order valence-electron chi connectivity index (χ4n) is 1.31. The van der Waals surface area contributed by atoms with Gasteiger partial charge in [0.15, 0.2) is 0 Å². The minimum Gasteiger partial charge on any atom is -0.364 e. The van der Waals surface area contributed by atoms with E-state index in [0.29, 0.717) is 12.2 Å². The third-order valence-electron chi connectivity index (χ3n) is 1.92. The number of nitrogens with zero attached hydrogens (tertiary/aromatic N) is 2. The summed E-state index contributed by atoms with van der Waals surface area (Å²) in [5.41, 5.74) is 5.45. The van der Waals surface area contributed by atoms with E-state index < -0.39 is 5.91 Å². The molecule has 1 aromatic heterocycles. The number of aromatic nitrogens is 2. The summed E-state index contributed by atoms with van der Waals surface area (Å²) in [4.78, 5) is 14.8. The zero-order chi connectivity index (χ0) is 8.55. The van der Waals surface area contributed by atoms with Crippen LogP contribution in [-0.2, 0) is 13.1 Å². The molecule has 12 heavy (non-hydrogen) atoms. The van der Waals surface area contributed by atoms with E-state index in [9.17, 15) is 4.79 Å². The Balaban J connectivity index is 2.38. The molecule has 1 aromatic rings. The summed E-state index contributed by atoms with van der Waals surface area (Å²) in [6.07, 6.45) is 1.71. The Morgan fingerprint density at radius 1 is 1.75 bits per heavy atom. The minimum atomic E-state index is -0.461. The van der Waals surface area contributed by atoms with Gasteiger partial charge in [-0.15, -0.1) is 0 Å². The molecule has 0 fully saturated rings. The molecule has 1 aliphatic heterocycles. The highest BCUT2D eigenvalue weighted by Gasteiger charge is 2.13. The van der Waals surface area contributed by atoms with Crippen molar-refractivity contribution in [3.63, 3.8) is 0 Å². The lowest BCUT2D eigenvalue weighted by atomic mass is 10.4. The van der Waals surface area contributed by atoms with Gasteiger partial charge in [-0.1, -0.05) is 0 Å². The molecule has 0 saturated heterocycles. The van der Waals surface area contributed by atoms with Crippen molar-refractivity contribution in [2.45, 2.75) is 13.1 Å². The molecule has 0 aliphatic carbocycles. The largest absolute Gasteiger partial charge is 0.364 e. The van der Waals surface area contributed by atoms with Crippen LogP contribution < -0.4 is 11.1 Å². The van der Waals surface area contributed by atoms with E-state index in [4.69, 9.17) is 5.73 Å². The number of fused-ring (bicyclic) bond motifs is 1. The number of hydrogen-bond donors (Lipinski definition) is 2. The highest BCUT2D eigenvalue weighted by atomic mass is 16.1. The van der Waals surface area contributed by atoms with E-state index in [1.165, 1.54) is 0 Å². The van der Waals surface area contributed by atoms with Crippen molar-refractivity contribution >= 4 is 5.91 Å². The van der Waals surface area contributed by atoms with Crippen LogP contribution in [0.5, 0.6) is 0 Å². The number of hydrogen-bond acceptors (Lipinski definition) is 3. The second kappa shape index (κ2) is 2.60. The Labute approximate surface area is 69.6 Å². The lowest BCUT2D eigenvalue weighted by Gasteiger charge is -2.13.